The van der Waals surface area contributed by atoms with Gasteiger partial charge in [0.2, 0.25) is 17.6 Å². The summed E-state index contributed by atoms with van der Waals surface area (Å²) in [5, 5.41) is 12.0. The average molecular weight is 490 g/mol. The highest BCUT2D eigenvalue weighted by Crippen LogP contribution is 2.36. The lowest BCUT2D eigenvalue weighted by Gasteiger charge is -2.20. The van der Waals surface area contributed by atoms with Gasteiger partial charge in [-0.3, -0.25) is 0 Å². The van der Waals surface area contributed by atoms with Gasteiger partial charge in [-0.25, -0.2) is 0 Å². The van der Waals surface area contributed by atoms with Gasteiger partial charge in [-0.1, -0.05) is 29.1 Å². The summed E-state index contributed by atoms with van der Waals surface area (Å²) in [7, 11) is 0. The number of aromatic nitrogens is 4. The molecule has 0 aliphatic rings. The molecule has 0 unspecified atom stereocenters. The maximum absolute atomic E-state index is 13.0. The lowest BCUT2D eigenvalue weighted by molar-refractivity contribution is -0.137. The van der Waals surface area contributed by atoms with Gasteiger partial charge >= 0.3 is 6.18 Å². The summed E-state index contributed by atoms with van der Waals surface area (Å²) in [4.78, 5) is 6.48. The van der Waals surface area contributed by atoms with E-state index in [9.17, 15) is 13.2 Å². The van der Waals surface area contributed by atoms with Crippen molar-refractivity contribution in [2.45, 2.75) is 37.4 Å². The van der Waals surface area contributed by atoms with E-state index < -0.39 is 11.7 Å². The second kappa shape index (κ2) is 9.88. The van der Waals surface area contributed by atoms with E-state index in [1.54, 1.807) is 6.92 Å². The predicted octanol–water partition coefficient (Wildman–Crippen LogP) is 6.50. The number of nitrogens with zero attached hydrogens (tertiary/aromatic N) is 5. The van der Waals surface area contributed by atoms with Gasteiger partial charge in [0.1, 0.15) is 0 Å². The Morgan fingerprint density at radius 3 is 2.41 bits per heavy atom. The minimum atomic E-state index is -4.45. The van der Waals surface area contributed by atoms with Crippen LogP contribution >= 0.6 is 11.8 Å². The average Bonchev–Trinajstić information content (AvgIpc) is 3.50. The zero-order valence-electron chi connectivity index (χ0n) is 18.7. The Hall–Kier alpha value is -3.34. The van der Waals surface area contributed by atoms with E-state index in [0.29, 0.717) is 11.1 Å². The first-order valence-corrected chi connectivity index (χ1v) is 11.5. The number of alkyl halides is 3. The molecule has 0 N–H and O–H groups in total. The molecule has 4 rings (SSSR count). The van der Waals surface area contributed by atoms with Gasteiger partial charge in [0.05, 0.1) is 10.8 Å². The Morgan fingerprint density at radius 2 is 1.74 bits per heavy atom. The van der Waals surface area contributed by atoms with Crippen molar-refractivity contribution >= 4 is 17.4 Å². The van der Waals surface area contributed by atoms with Crippen LogP contribution in [0.3, 0.4) is 0 Å². The van der Waals surface area contributed by atoms with E-state index in [4.69, 9.17) is 8.94 Å². The molecule has 0 aliphatic carbocycles. The van der Waals surface area contributed by atoms with Crippen LogP contribution in [0.25, 0.3) is 22.8 Å². The van der Waals surface area contributed by atoms with Gasteiger partial charge in [-0.05, 0) is 57.2 Å². The van der Waals surface area contributed by atoms with Crippen molar-refractivity contribution in [3.8, 4) is 22.8 Å². The molecule has 0 radical (unpaired) electrons. The van der Waals surface area contributed by atoms with Crippen molar-refractivity contribution in [2.24, 2.45) is 0 Å². The van der Waals surface area contributed by atoms with Gasteiger partial charge in [0.25, 0.3) is 5.22 Å². The Kier molecular flexibility index (Phi) is 6.92. The first-order valence-electron chi connectivity index (χ1n) is 10.6. The summed E-state index contributed by atoms with van der Waals surface area (Å²) in [5.41, 5.74) is 1.36. The Morgan fingerprint density at radius 1 is 1.00 bits per heavy atom. The van der Waals surface area contributed by atoms with Crippen molar-refractivity contribution in [2.75, 3.05) is 18.0 Å². The molecule has 4 aromatic rings. The molecule has 1 atom stereocenters. The number of benzene rings is 2. The molecule has 11 heteroatoms. The molecule has 34 heavy (non-hydrogen) atoms. The SMILES string of the molecule is CCN(CC)c1ccc(-c2nnc(S[C@H](C)c3nc(-c4cccc(C(F)(F)F)c4)no3)o2)cc1. The van der Waals surface area contributed by atoms with E-state index in [-0.39, 0.29) is 22.5 Å². The molecular formula is C23H22F3N5O2S. The number of hydrogen-bond acceptors (Lipinski definition) is 8. The van der Waals surface area contributed by atoms with E-state index in [2.05, 4.69) is 39.1 Å². The van der Waals surface area contributed by atoms with Gasteiger partial charge in [-0.2, -0.15) is 18.2 Å². The summed E-state index contributed by atoms with van der Waals surface area (Å²) in [5.74, 6) is 0.699. The van der Waals surface area contributed by atoms with Crippen LogP contribution in [0.5, 0.6) is 0 Å². The maximum Gasteiger partial charge on any atom is 0.416 e. The second-order valence-corrected chi connectivity index (χ2v) is 8.68. The number of thioether (sulfide) groups is 1. The number of halogens is 3. The van der Waals surface area contributed by atoms with Gasteiger partial charge < -0.3 is 13.8 Å². The molecule has 178 valence electrons. The second-order valence-electron chi connectivity index (χ2n) is 7.39. The molecule has 2 heterocycles. The predicted molar refractivity (Wildman–Crippen MR) is 122 cm³/mol. The Labute approximate surface area is 198 Å². The quantitative estimate of drug-likeness (QED) is 0.259. The highest BCUT2D eigenvalue weighted by atomic mass is 32.2. The molecule has 0 saturated heterocycles. The molecule has 7 nitrogen and oxygen atoms in total. The van der Waals surface area contributed by atoms with Crippen LogP contribution in [0.15, 0.2) is 62.7 Å². The summed E-state index contributed by atoms with van der Waals surface area (Å²) in [6.07, 6.45) is -4.45. The normalized spacial score (nSPS) is 12.6. The molecule has 0 bridgehead atoms. The first-order chi connectivity index (χ1) is 16.3. The number of anilines is 1. The highest BCUT2D eigenvalue weighted by Gasteiger charge is 2.31. The third-order valence-electron chi connectivity index (χ3n) is 5.16. The minimum absolute atomic E-state index is 0.0769. The molecular weight excluding hydrogens is 467 g/mol. The highest BCUT2D eigenvalue weighted by molar-refractivity contribution is 7.99. The zero-order valence-corrected chi connectivity index (χ0v) is 19.5. The number of hydrogen-bond donors (Lipinski definition) is 0. The maximum atomic E-state index is 13.0. The largest absolute Gasteiger partial charge is 0.416 e. The van der Waals surface area contributed by atoms with E-state index in [1.807, 2.05) is 24.3 Å². The Balaban J connectivity index is 1.45. The van der Waals surface area contributed by atoms with E-state index >= 15 is 0 Å². The summed E-state index contributed by atoms with van der Waals surface area (Å²) in [6, 6.07) is 12.7. The topological polar surface area (TPSA) is 81.1 Å². The lowest BCUT2D eigenvalue weighted by Crippen LogP contribution is -2.21. The van der Waals surface area contributed by atoms with Crippen LogP contribution in [0.4, 0.5) is 18.9 Å². The monoisotopic (exact) mass is 489 g/mol. The van der Waals surface area contributed by atoms with Crippen LogP contribution in [0, 0.1) is 0 Å². The van der Waals surface area contributed by atoms with Crippen molar-refractivity contribution < 1.29 is 22.1 Å². The van der Waals surface area contributed by atoms with Gasteiger partial charge in [0, 0.05) is 29.9 Å². The summed E-state index contributed by atoms with van der Waals surface area (Å²) >= 11 is 1.22. The van der Waals surface area contributed by atoms with Crippen LogP contribution in [0.2, 0.25) is 0 Å². The summed E-state index contributed by atoms with van der Waals surface area (Å²) in [6.45, 7) is 7.84. The van der Waals surface area contributed by atoms with E-state index in [1.165, 1.54) is 23.9 Å². The zero-order chi connectivity index (χ0) is 24.3. The van der Waals surface area contributed by atoms with Crippen LogP contribution in [0.1, 0.15) is 37.5 Å². The molecule has 0 spiro atoms. The van der Waals surface area contributed by atoms with Crippen molar-refractivity contribution in [3.05, 3.63) is 60.0 Å². The fraction of sp³-hybridized carbons (Fsp3) is 0.304. The van der Waals surface area contributed by atoms with Crippen LogP contribution < -0.4 is 4.90 Å². The van der Waals surface area contributed by atoms with Crippen LogP contribution in [-0.2, 0) is 6.18 Å². The minimum Gasteiger partial charge on any atom is -0.411 e. The molecule has 0 fully saturated rings. The third-order valence-corrected chi connectivity index (χ3v) is 6.09. The van der Waals surface area contributed by atoms with Gasteiger partial charge in [0.15, 0.2) is 0 Å². The van der Waals surface area contributed by atoms with Crippen molar-refractivity contribution in [3.63, 3.8) is 0 Å². The van der Waals surface area contributed by atoms with Crippen molar-refractivity contribution in [1.82, 2.24) is 20.3 Å². The number of rotatable bonds is 8. The van der Waals surface area contributed by atoms with Gasteiger partial charge in [-0.15, -0.1) is 10.2 Å². The molecule has 0 saturated carbocycles. The standard InChI is InChI=1S/C23H22F3N5O2S/c1-4-31(5-2)18-11-9-15(10-12-18)21-28-29-22(32-21)34-14(3)20-27-19(30-33-20)16-7-6-8-17(13-16)23(24,25)26/h6-14H,4-5H2,1-3H3/t14-/m1/s1. The van der Waals surface area contributed by atoms with Crippen LogP contribution in [-0.4, -0.2) is 33.4 Å². The third kappa shape index (κ3) is 5.24. The molecule has 0 amide bonds. The fourth-order valence-corrected chi connectivity index (χ4v) is 4.05. The smallest absolute Gasteiger partial charge is 0.411 e. The molecule has 0 aliphatic heterocycles. The molecule has 2 aromatic carbocycles. The molecule has 2 aromatic heterocycles. The van der Waals surface area contributed by atoms with Crippen molar-refractivity contribution in [1.29, 1.82) is 0 Å². The summed E-state index contributed by atoms with van der Waals surface area (Å²) < 4.78 is 50.0. The fourth-order valence-electron chi connectivity index (χ4n) is 3.33. The first kappa shape index (κ1) is 23.8. The Bertz CT molecular complexity index is 1240. The lowest BCUT2D eigenvalue weighted by atomic mass is 10.1. The van der Waals surface area contributed by atoms with E-state index in [0.717, 1.165) is 36.5 Å².